The van der Waals surface area contributed by atoms with Crippen LogP contribution in [0.3, 0.4) is 0 Å². The molecule has 0 aromatic heterocycles. The Balaban J connectivity index is 0.930. The van der Waals surface area contributed by atoms with Gasteiger partial charge in [-0.1, -0.05) is 255 Å². The number of hydrogen-bond acceptors (Lipinski definition) is 4. The SMILES string of the molecule is c1ccc(-c2ccc3c(c2)N(c2c(-c4ccccc4)cccc2-c2ccccc2)c2cc(-c4ccccc4)cc4c2B3c2cc3c(cc2O4)Oc2cc(-c4ccccc4)cc4c2B3c2ccccc2N4c2ccccc2-c2ccccc2)cc1. The van der Waals surface area contributed by atoms with Crippen LogP contribution >= 0.6 is 0 Å². The molecule has 0 bridgehead atoms. The molecule has 13 aromatic carbocycles. The molecule has 4 aliphatic heterocycles. The molecule has 17 rings (SSSR count). The second kappa shape index (κ2) is 19.4. The van der Waals surface area contributed by atoms with E-state index in [4.69, 9.17) is 9.47 Å². The number of benzene rings is 13. The molecule has 0 unspecified atom stereocenters. The summed E-state index contributed by atoms with van der Waals surface area (Å²) in [5.74, 6) is 3.24. The van der Waals surface area contributed by atoms with Crippen molar-refractivity contribution in [1.29, 1.82) is 0 Å². The van der Waals surface area contributed by atoms with Crippen molar-refractivity contribution in [3.8, 4) is 89.8 Å². The normalized spacial score (nSPS) is 12.9. The number of hydrogen-bond donors (Lipinski definition) is 0. The highest BCUT2D eigenvalue weighted by atomic mass is 16.5. The molecule has 13 aromatic rings. The van der Waals surface area contributed by atoms with Crippen LogP contribution < -0.4 is 52.1 Å². The summed E-state index contributed by atoms with van der Waals surface area (Å²) in [7, 11) is 0. The summed E-state index contributed by atoms with van der Waals surface area (Å²) in [6.07, 6.45) is 0. The number of anilines is 6. The number of para-hydroxylation sites is 3. The molecule has 0 spiro atoms. The molecule has 390 valence electrons. The first-order valence-corrected chi connectivity index (χ1v) is 29.0. The molecule has 84 heavy (non-hydrogen) atoms. The third-order valence-electron chi connectivity index (χ3n) is 17.6. The highest BCUT2D eigenvalue weighted by Gasteiger charge is 2.47. The number of nitrogens with zero attached hydrogens (tertiary/aromatic N) is 2. The van der Waals surface area contributed by atoms with Crippen LogP contribution in [-0.2, 0) is 0 Å². The Hall–Kier alpha value is -10.8. The quantitative estimate of drug-likeness (QED) is 0.142. The van der Waals surface area contributed by atoms with E-state index in [2.05, 4.69) is 313 Å². The Morgan fingerprint density at radius 3 is 1.13 bits per heavy atom. The van der Waals surface area contributed by atoms with E-state index < -0.39 is 0 Å². The molecule has 0 saturated heterocycles. The summed E-state index contributed by atoms with van der Waals surface area (Å²) in [5.41, 5.74) is 27.1. The number of fused-ring (bicyclic) bond motifs is 8. The summed E-state index contributed by atoms with van der Waals surface area (Å²) in [6.45, 7) is -0.388. The van der Waals surface area contributed by atoms with Crippen LogP contribution in [0.4, 0.5) is 34.1 Å². The van der Waals surface area contributed by atoms with E-state index in [0.717, 1.165) is 146 Å². The van der Waals surface area contributed by atoms with Crippen LogP contribution in [0.5, 0.6) is 23.0 Å². The predicted octanol–water partition coefficient (Wildman–Crippen LogP) is 16.5. The highest BCUT2D eigenvalue weighted by molar-refractivity contribution is 7.02. The average molecular weight is 1070 g/mol. The van der Waals surface area contributed by atoms with Crippen molar-refractivity contribution in [3.63, 3.8) is 0 Å². The molecular formula is C78H50B2N2O2. The van der Waals surface area contributed by atoms with E-state index in [-0.39, 0.29) is 13.4 Å². The first-order chi connectivity index (χ1) is 41.7. The van der Waals surface area contributed by atoms with Gasteiger partial charge < -0.3 is 19.3 Å². The maximum Gasteiger partial charge on any atom is 0.256 e. The topological polar surface area (TPSA) is 24.9 Å². The minimum Gasteiger partial charge on any atom is -0.458 e. The van der Waals surface area contributed by atoms with Gasteiger partial charge in [-0.15, -0.1) is 0 Å². The number of rotatable bonds is 8. The van der Waals surface area contributed by atoms with E-state index in [1.807, 2.05) is 0 Å². The summed E-state index contributed by atoms with van der Waals surface area (Å²) in [5, 5.41) is 0. The third-order valence-corrected chi connectivity index (χ3v) is 17.6. The highest BCUT2D eigenvalue weighted by Crippen LogP contribution is 2.52. The molecule has 0 fully saturated rings. The zero-order chi connectivity index (χ0) is 55.2. The Morgan fingerprint density at radius 1 is 0.214 bits per heavy atom. The third kappa shape index (κ3) is 7.64. The second-order valence-electron chi connectivity index (χ2n) is 22.2. The van der Waals surface area contributed by atoms with Gasteiger partial charge in [0.15, 0.2) is 0 Å². The smallest absolute Gasteiger partial charge is 0.256 e. The zero-order valence-electron chi connectivity index (χ0n) is 45.7. The zero-order valence-corrected chi connectivity index (χ0v) is 45.7. The van der Waals surface area contributed by atoms with Gasteiger partial charge in [0.25, 0.3) is 13.4 Å². The van der Waals surface area contributed by atoms with E-state index in [1.54, 1.807) is 0 Å². The van der Waals surface area contributed by atoms with Gasteiger partial charge >= 0.3 is 0 Å². The van der Waals surface area contributed by atoms with Gasteiger partial charge in [-0.05, 0) is 125 Å². The largest absolute Gasteiger partial charge is 0.458 e. The van der Waals surface area contributed by atoms with Crippen LogP contribution in [0.1, 0.15) is 0 Å². The Morgan fingerprint density at radius 2 is 0.607 bits per heavy atom. The minimum absolute atomic E-state index is 0.169. The summed E-state index contributed by atoms with van der Waals surface area (Å²) in [4.78, 5) is 5.05. The molecule has 0 amide bonds. The predicted molar refractivity (Wildman–Crippen MR) is 351 cm³/mol. The lowest BCUT2D eigenvalue weighted by Crippen LogP contribution is -2.63. The van der Waals surface area contributed by atoms with Crippen LogP contribution in [0.15, 0.2) is 303 Å². The Kier molecular flexibility index (Phi) is 11.1. The van der Waals surface area contributed by atoms with Crippen molar-refractivity contribution in [2.45, 2.75) is 0 Å². The van der Waals surface area contributed by atoms with Crippen molar-refractivity contribution in [1.82, 2.24) is 0 Å². The van der Waals surface area contributed by atoms with Crippen molar-refractivity contribution < 1.29 is 9.47 Å². The molecule has 4 heterocycles. The number of ether oxygens (including phenoxy) is 2. The standard InChI is InChI=1S/C78H50B2N2O2/c1-7-24-51(25-8-1)57-42-43-64-69(44-57)82(78-61(55-32-15-5-16-33-55)37-23-38-62(78)56-34-17-6-18-35-56)71-46-59(53-28-11-3-12-29-53)48-75-77(71)80(64)66-49-65-72(50-73(66)84-75)83-74-47-58(52-26-9-2-10-27-52)45-70-76(74)79(65)63-39-20-22-41-68(63)81(70)67-40-21-19-36-60(67)54-30-13-4-14-31-54/h1-50H. The van der Waals surface area contributed by atoms with Crippen LogP contribution in [0, 0.1) is 0 Å². The molecule has 0 N–H and O–H groups in total. The molecular weight excluding hydrogens is 1020 g/mol. The fourth-order valence-corrected chi connectivity index (χ4v) is 13.9. The van der Waals surface area contributed by atoms with E-state index in [1.165, 1.54) is 10.9 Å². The first-order valence-electron chi connectivity index (χ1n) is 29.0. The lowest BCUT2D eigenvalue weighted by molar-refractivity contribution is 0.466. The van der Waals surface area contributed by atoms with Gasteiger partial charge in [0, 0.05) is 45.5 Å². The van der Waals surface area contributed by atoms with E-state index in [9.17, 15) is 0 Å². The summed E-state index contributed by atoms with van der Waals surface area (Å²) >= 11 is 0. The first kappa shape index (κ1) is 47.9. The molecule has 0 atom stereocenters. The van der Waals surface area contributed by atoms with Gasteiger partial charge in [0.2, 0.25) is 0 Å². The molecule has 6 heteroatoms. The van der Waals surface area contributed by atoms with Crippen molar-refractivity contribution in [3.05, 3.63) is 303 Å². The summed E-state index contributed by atoms with van der Waals surface area (Å²) < 4.78 is 15.0. The van der Waals surface area contributed by atoms with E-state index >= 15 is 0 Å². The van der Waals surface area contributed by atoms with Gasteiger partial charge in [0.1, 0.15) is 23.0 Å². The summed E-state index contributed by atoms with van der Waals surface area (Å²) in [6, 6.07) is 110. The average Bonchev–Trinajstić information content (AvgIpc) is 0.848. The lowest BCUT2D eigenvalue weighted by Gasteiger charge is -2.43. The minimum atomic E-state index is -0.219. The van der Waals surface area contributed by atoms with Crippen LogP contribution in [0.25, 0.3) is 66.8 Å². The monoisotopic (exact) mass is 1070 g/mol. The maximum atomic E-state index is 7.55. The van der Waals surface area contributed by atoms with Gasteiger partial charge in [-0.3, -0.25) is 0 Å². The molecule has 0 saturated carbocycles. The van der Waals surface area contributed by atoms with Crippen LogP contribution in [-0.4, -0.2) is 13.4 Å². The Labute approximate surface area is 489 Å². The van der Waals surface area contributed by atoms with Gasteiger partial charge in [0.05, 0.1) is 11.4 Å². The fraction of sp³-hybridized carbons (Fsp3) is 0. The van der Waals surface area contributed by atoms with Crippen molar-refractivity contribution >= 4 is 80.3 Å². The van der Waals surface area contributed by atoms with Gasteiger partial charge in [-0.25, -0.2) is 0 Å². The van der Waals surface area contributed by atoms with Gasteiger partial charge in [-0.2, -0.15) is 0 Å². The van der Waals surface area contributed by atoms with Crippen molar-refractivity contribution in [2.75, 3.05) is 9.80 Å². The molecule has 0 radical (unpaired) electrons. The fourth-order valence-electron chi connectivity index (χ4n) is 13.9. The molecule has 4 aliphatic rings. The van der Waals surface area contributed by atoms with Crippen LogP contribution in [0.2, 0.25) is 0 Å². The van der Waals surface area contributed by atoms with E-state index in [0.29, 0.717) is 0 Å². The van der Waals surface area contributed by atoms with Crippen molar-refractivity contribution in [2.24, 2.45) is 0 Å². The second-order valence-corrected chi connectivity index (χ2v) is 22.2. The Bertz CT molecular complexity index is 4670. The maximum absolute atomic E-state index is 7.55. The lowest BCUT2D eigenvalue weighted by atomic mass is 9.31. The molecule has 0 aliphatic carbocycles. The molecule has 4 nitrogen and oxygen atoms in total.